The van der Waals surface area contributed by atoms with E-state index in [-0.39, 0.29) is 18.9 Å². The SMILES string of the molecule is Cc1cc(CC(NC(=O)OCC2c3ccccc3-c3ccccc32)C(=O)O)c(C)n1-c1ccc2c(c1)OCCCO2. The maximum absolute atomic E-state index is 12.8. The summed E-state index contributed by atoms with van der Waals surface area (Å²) in [7, 11) is 0. The van der Waals surface area contributed by atoms with Gasteiger partial charge in [-0.25, -0.2) is 9.59 Å². The molecule has 0 spiro atoms. The van der Waals surface area contributed by atoms with E-state index in [1.54, 1.807) is 0 Å². The lowest BCUT2D eigenvalue weighted by Gasteiger charge is -2.18. The predicted octanol–water partition coefficient (Wildman–Crippen LogP) is 5.79. The number of fused-ring (bicyclic) bond motifs is 4. The Hall–Kier alpha value is -4.72. The molecule has 3 aromatic carbocycles. The Kier molecular flexibility index (Phi) is 7.14. The van der Waals surface area contributed by atoms with E-state index in [1.165, 1.54) is 0 Å². The van der Waals surface area contributed by atoms with Gasteiger partial charge in [0, 0.05) is 41.9 Å². The van der Waals surface area contributed by atoms with Gasteiger partial charge >= 0.3 is 12.1 Å². The van der Waals surface area contributed by atoms with Crippen molar-refractivity contribution in [1.82, 2.24) is 9.88 Å². The zero-order valence-electron chi connectivity index (χ0n) is 23.1. The average Bonchev–Trinajstić information content (AvgIpc) is 3.31. The molecule has 0 radical (unpaired) electrons. The van der Waals surface area contributed by atoms with Gasteiger partial charge in [0.25, 0.3) is 0 Å². The molecule has 2 N–H and O–H groups in total. The fraction of sp³-hybridized carbons (Fsp3) is 0.273. The van der Waals surface area contributed by atoms with Crippen LogP contribution in [0.2, 0.25) is 0 Å². The van der Waals surface area contributed by atoms with Crippen LogP contribution in [-0.2, 0) is 16.0 Å². The van der Waals surface area contributed by atoms with Crippen molar-refractivity contribution in [3.05, 3.63) is 101 Å². The van der Waals surface area contributed by atoms with Crippen LogP contribution in [0.5, 0.6) is 11.5 Å². The van der Waals surface area contributed by atoms with Crippen LogP contribution >= 0.6 is 0 Å². The van der Waals surface area contributed by atoms with Gasteiger partial charge in [0.2, 0.25) is 0 Å². The summed E-state index contributed by atoms with van der Waals surface area (Å²) in [4.78, 5) is 25.0. The third-order valence-corrected chi connectivity index (χ3v) is 7.88. The van der Waals surface area contributed by atoms with Crippen LogP contribution in [0, 0.1) is 13.8 Å². The summed E-state index contributed by atoms with van der Waals surface area (Å²) in [5.74, 6) is 0.172. The Balaban J connectivity index is 1.16. The summed E-state index contributed by atoms with van der Waals surface area (Å²) in [6.45, 7) is 5.23. The number of nitrogens with one attached hydrogen (secondary N) is 1. The number of amides is 1. The number of carbonyl (C=O) groups excluding carboxylic acids is 1. The van der Waals surface area contributed by atoms with Crippen molar-refractivity contribution in [2.24, 2.45) is 0 Å². The van der Waals surface area contributed by atoms with Crippen molar-refractivity contribution in [3.63, 3.8) is 0 Å². The molecule has 8 nitrogen and oxygen atoms in total. The second-order valence-electron chi connectivity index (χ2n) is 10.5. The number of nitrogens with zero attached hydrogens (tertiary/aromatic N) is 1. The number of benzene rings is 3. The van der Waals surface area contributed by atoms with Crippen LogP contribution in [0.25, 0.3) is 16.8 Å². The molecule has 4 aromatic rings. The van der Waals surface area contributed by atoms with E-state index in [2.05, 4.69) is 22.0 Å². The molecule has 1 unspecified atom stereocenters. The first-order chi connectivity index (χ1) is 19.9. The molecule has 6 rings (SSSR count). The minimum Gasteiger partial charge on any atom is -0.490 e. The first kappa shape index (κ1) is 26.5. The molecule has 0 fully saturated rings. The Morgan fingerprint density at radius 3 is 2.29 bits per heavy atom. The van der Waals surface area contributed by atoms with E-state index in [0.717, 1.165) is 51.3 Å². The van der Waals surface area contributed by atoms with Crippen molar-refractivity contribution in [2.75, 3.05) is 19.8 Å². The Morgan fingerprint density at radius 1 is 0.951 bits per heavy atom. The molecule has 0 bridgehead atoms. The van der Waals surface area contributed by atoms with E-state index >= 15 is 0 Å². The Labute approximate surface area is 238 Å². The highest BCUT2D eigenvalue weighted by Gasteiger charge is 2.30. The molecule has 1 aromatic heterocycles. The summed E-state index contributed by atoms with van der Waals surface area (Å²) >= 11 is 0. The van der Waals surface area contributed by atoms with Crippen LogP contribution in [0.15, 0.2) is 72.8 Å². The van der Waals surface area contributed by atoms with Crippen molar-refractivity contribution in [2.45, 2.75) is 38.6 Å². The number of rotatable bonds is 7. The van der Waals surface area contributed by atoms with Crippen LogP contribution in [0.1, 0.15) is 40.4 Å². The summed E-state index contributed by atoms with van der Waals surface area (Å²) in [5, 5.41) is 12.5. The van der Waals surface area contributed by atoms with E-state index in [0.29, 0.717) is 24.7 Å². The Bertz CT molecular complexity index is 1580. The lowest BCUT2D eigenvalue weighted by Crippen LogP contribution is -2.43. The summed E-state index contributed by atoms with van der Waals surface area (Å²) in [5.41, 5.74) is 7.99. The smallest absolute Gasteiger partial charge is 0.407 e. The molecule has 1 aliphatic heterocycles. The van der Waals surface area contributed by atoms with E-state index < -0.39 is 18.1 Å². The molecule has 1 atom stereocenters. The standard InChI is InChI=1S/C33H32N2O6/c1-20-16-22(21(2)35(20)23-12-13-30-31(18-23)40-15-7-14-39-30)17-29(32(36)37)34-33(38)41-19-28-26-10-5-3-8-24(26)25-9-4-6-11-27(25)28/h3-6,8-13,16,18,28-29H,7,14-15,17,19H2,1-2H3,(H,34,38)(H,36,37). The number of aliphatic carboxylic acids is 1. The third-order valence-electron chi connectivity index (χ3n) is 7.88. The number of carboxylic acid groups (broad SMARTS) is 1. The summed E-state index contributed by atoms with van der Waals surface area (Å²) in [6, 6.07) is 22.8. The fourth-order valence-corrected chi connectivity index (χ4v) is 5.93. The van der Waals surface area contributed by atoms with Gasteiger partial charge in [-0.05, 0) is 59.9 Å². The molecule has 1 aliphatic carbocycles. The molecule has 0 saturated heterocycles. The average molecular weight is 553 g/mol. The monoisotopic (exact) mass is 552 g/mol. The topological polar surface area (TPSA) is 99.0 Å². The maximum atomic E-state index is 12.8. The molecule has 1 amide bonds. The lowest BCUT2D eigenvalue weighted by atomic mass is 9.98. The molecule has 2 heterocycles. The van der Waals surface area contributed by atoms with Crippen molar-refractivity contribution >= 4 is 12.1 Å². The first-order valence-electron chi connectivity index (χ1n) is 13.8. The van der Waals surface area contributed by atoms with Crippen LogP contribution in [-0.4, -0.2) is 47.6 Å². The van der Waals surface area contributed by atoms with Gasteiger partial charge in [0.15, 0.2) is 11.5 Å². The highest BCUT2D eigenvalue weighted by molar-refractivity contribution is 5.81. The molecule has 210 valence electrons. The lowest BCUT2D eigenvalue weighted by molar-refractivity contribution is -0.139. The van der Waals surface area contributed by atoms with Gasteiger partial charge in [-0.3, -0.25) is 0 Å². The number of carbonyl (C=O) groups is 2. The van der Waals surface area contributed by atoms with Gasteiger partial charge in [-0.15, -0.1) is 0 Å². The molecule has 8 heteroatoms. The summed E-state index contributed by atoms with van der Waals surface area (Å²) < 4.78 is 19.3. The zero-order chi connectivity index (χ0) is 28.5. The summed E-state index contributed by atoms with van der Waals surface area (Å²) in [6.07, 6.45) is 0.184. The van der Waals surface area contributed by atoms with Crippen molar-refractivity contribution in [1.29, 1.82) is 0 Å². The second-order valence-corrected chi connectivity index (χ2v) is 10.5. The van der Waals surface area contributed by atoms with E-state index in [4.69, 9.17) is 14.2 Å². The highest BCUT2D eigenvalue weighted by Crippen LogP contribution is 2.44. The van der Waals surface area contributed by atoms with Crippen molar-refractivity contribution < 1.29 is 28.9 Å². The van der Waals surface area contributed by atoms with Crippen LogP contribution in [0.3, 0.4) is 0 Å². The third kappa shape index (κ3) is 5.13. The Morgan fingerprint density at radius 2 is 1.61 bits per heavy atom. The number of alkyl carbamates (subject to hydrolysis) is 1. The second kappa shape index (κ2) is 11.0. The largest absolute Gasteiger partial charge is 0.490 e. The molecule has 2 aliphatic rings. The van der Waals surface area contributed by atoms with E-state index in [9.17, 15) is 14.7 Å². The minimum atomic E-state index is -1.15. The number of hydrogen-bond donors (Lipinski definition) is 2. The van der Waals surface area contributed by atoms with Gasteiger partial charge < -0.3 is 29.2 Å². The zero-order valence-corrected chi connectivity index (χ0v) is 23.1. The van der Waals surface area contributed by atoms with Crippen molar-refractivity contribution in [3.8, 4) is 28.3 Å². The maximum Gasteiger partial charge on any atom is 0.407 e. The predicted molar refractivity (Wildman–Crippen MR) is 154 cm³/mol. The quantitative estimate of drug-likeness (QED) is 0.301. The highest BCUT2D eigenvalue weighted by atomic mass is 16.5. The molecule has 0 saturated carbocycles. The van der Waals surface area contributed by atoms with Gasteiger partial charge in [0.05, 0.1) is 13.2 Å². The number of hydrogen-bond acceptors (Lipinski definition) is 5. The first-order valence-corrected chi connectivity index (χ1v) is 13.8. The number of carboxylic acids is 1. The van der Waals surface area contributed by atoms with Crippen LogP contribution < -0.4 is 14.8 Å². The number of aryl methyl sites for hydroxylation is 1. The van der Waals surface area contributed by atoms with E-state index in [1.807, 2.05) is 74.5 Å². The van der Waals surface area contributed by atoms with Gasteiger partial charge in [0.1, 0.15) is 12.6 Å². The minimum absolute atomic E-state index is 0.106. The number of aromatic nitrogens is 1. The molecule has 41 heavy (non-hydrogen) atoms. The fourth-order valence-electron chi connectivity index (χ4n) is 5.93. The van der Waals surface area contributed by atoms with Gasteiger partial charge in [-0.1, -0.05) is 48.5 Å². The van der Waals surface area contributed by atoms with Gasteiger partial charge in [-0.2, -0.15) is 0 Å². The molecular weight excluding hydrogens is 520 g/mol. The number of ether oxygens (including phenoxy) is 3. The normalized spacial score (nSPS) is 14.5. The molecular formula is C33H32N2O6. The van der Waals surface area contributed by atoms with Crippen LogP contribution in [0.4, 0.5) is 4.79 Å².